The van der Waals surface area contributed by atoms with Crippen LogP contribution in [0.2, 0.25) is 0 Å². The lowest BCUT2D eigenvalue weighted by Crippen LogP contribution is -2.09. The molecule has 3 heteroatoms. The number of aromatic nitrogens is 2. The van der Waals surface area contributed by atoms with Gasteiger partial charge in [0, 0.05) is 18.2 Å². The zero-order valence-electron chi connectivity index (χ0n) is 7.43. The van der Waals surface area contributed by atoms with Gasteiger partial charge in [-0.15, -0.1) is 0 Å². The normalized spacial score (nSPS) is 23.2. The van der Waals surface area contributed by atoms with Gasteiger partial charge in [0.15, 0.2) is 0 Å². The first-order chi connectivity index (χ1) is 5.92. The Bertz CT molecular complexity index is 248. The smallest absolute Gasteiger partial charge is 0.0522 e. The molecule has 0 radical (unpaired) electrons. The van der Waals surface area contributed by atoms with Gasteiger partial charge in [0.05, 0.1) is 6.20 Å². The van der Waals surface area contributed by atoms with Crippen LogP contribution in [0.1, 0.15) is 30.5 Å². The Morgan fingerprint density at radius 2 is 2.58 bits per heavy atom. The van der Waals surface area contributed by atoms with Gasteiger partial charge in [-0.05, 0) is 24.9 Å². The maximum atomic E-state index is 4.08. The van der Waals surface area contributed by atoms with Crippen LogP contribution in [-0.2, 0) is 6.42 Å². The molecule has 0 spiro atoms. The van der Waals surface area contributed by atoms with E-state index in [1.807, 2.05) is 6.20 Å². The Labute approximate surface area is 72.6 Å². The van der Waals surface area contributed by atoms with Crippen LogP contribution < -0.4 is 5.32 Å². The Morgan fingerprint density at radius 1 is 1.67 bits per heavy atom. The predicted molar refractivity (Wildman–Crippen MR) is 48.2 cm³/mol. The van der Waals surface area contributed by atoms with Crippen LogP contribution >= 0.6 is 0 Å². The number of aryl methyl sites for hydroxylation is 1. The number of H-pyrrole nitrogens is 1. The van der Waals surface area contributed by atoms with Gasteiger partial charge in [-0.3, -0.25) is 5.10 Å². The first kappa shape index (κ1) is 7.80. The number of hydrogen-bond donors (Lipinski definition) is 2. The van der Waals surface area contributed by atoms with E-state index in [0.29, 0.717) is 5.92 Å². The number of rotatable bonds is 2. The van der Waals surface area contributed by atoms with Crippen molar-refractivity contribution in [2.45, 2.75) is 25.7 Å². The van der Waals surface area contributed by atoms with Gasteiger partial charge in [0.2, 0.25) is 0 Å². The van der Waals surface area contributed by atoms with Crippen LogP contribution in [0.25, 0.3) is 0 Å². The minimum atomic E-state index is 0.669. The zero-order chi connectivity index (χ0) is 8.39. The molecule has 2 N–H and O–H groups in total. The second-order valence-corrected chi connectivity index (χ2v) is 3.35. The number of nitrogens with one attached hydrogen (secondary N) is 2. The summed E-state index contributed by atoms with van der Waals surface area (Å²) in [5.74, 6) is 0.669. The van der Waals surface area contributed by atoms with Crippen molar-refractivity contribution in [2.24, 2.45) is 0 Å². The maximum Gasteiger partial charge on any atom is 0.0522 e. The van der Waals surface area contributed by atoms with Crippen molar-refractivity contribution in [2.75, 3.05) is 13.1 Å². The van der Waals surface area contributed by atoms with Crippen molar-refractivity contribution in [1.29, 1.82) is 0 Å². The molecule has 2 rings (SSSR count). The van der Waals surface area contributed by atoms with E-state index in [9.17, 15) is 0 Å². The lowest BCUT2D eigenvalue weighted by Gasteiger charge is -2.06. The maximum absolute atomic E-state index is 4.08. The van der Waals surface area contributed by atoms with Crippen molar-refractivity contribution < 1.29 is 0 Å². The summed E-state index contributed by atoms with van der Waals surface area (Å²) in [5, 5.41) is 10.6. The molecule has 0 saturated carbocycles. The first-order valence-electron chi connectivity index (χ1n) is 4.64. The largest absolute Gasteiger partial charge is 0.316 e. The second kappa shape index (κ2) is 3.27. The minimum Gasteiger partial charge on any atom is -0.316 e. The topological polar surface area (TPSA) is 40.7 Å². The third-order valence-electron chi connectivity index (χ3n) is 2.60. The van der Waals surface area contributed by atoms with Gasteiger partial charge in [-0.2, -0.15) is 5.10 Å². The number of aromatic amines is 1. The van der Waals surface area contributed by atoms with Gasteiger partial charge in [-0.25, -0.2) is 0 Å². The standard InChI is InChI=1S/C9H15N3/c1-2-7-6-11-12-9(7)8-3-4-10-5-8/h6,8,10H,2-5H2,1H3,(H,11,12). The van der Waals surface area contributed by atoms with Crippen LogP contribution in [0.15, 0.2) is 6.20 Å². The zero-order valence-corrected chi connectivity index (χ0v) is 7.43. The molecule has 1 saturated heterocycles. The summed E-state index contributed by atoms with van der Waals surface area (Å²) in [6.45, 7) is 4.43. The Kier molecular flexibility index (Phi) is 2.13. The van der Waals surface area contributed by atoms with Crippen molar-refractivity contribution in [3.8, 4) is 0 Å². The van der Waals surface area contributed by atoms with Crippen LogP contribution in [-0.4, -0.2) is 23.3 Å². The SMILES string of the molecule is CCc1cn[nH]c1C1CCNC1. The lowest BCUT2D eigenvalue weighted by molar-refractivity contribution is 0.720. The highest BCUT2D eigenvalue weighted by Gasteiger charge is 2.20. The van der Waals surface area contributed by atoms with Gasteiger partial charge < -0.3 is 5.32 Å². The van der Waals surface area contributed by atoms with Crippen LogP contribution in [0, 0.1) is 0 Å². The van der Waals surface area contributed by atoms with Crippen molar-refractivity contribution in [3.63, 3.8) is 0 Å². The lowest BCUT2D eigenvalue weighted by atomic mass is 10.0. The molecule has 1 unspecified atom stereocenters. The third-order valence-corrected chi connectivity index (χ3v) is 2.60. The number of nitrogens with zero attached hydrogens (tertiary/aromatic N) is 1. The molecular weight excluding hydrogens is 150 g/mol. The van der Waals surface area contributed by atoms with Crippen LogP contribution in [0.4, 0.5) is 0 Å². The van der Waals surface area contributed by atoms with Crippen molar-refractivity contribution in [1.82, 2.24) is 15.5 Å². The van der Waals surface area contributed by atoms with E-state index in [1.54, 1.807) is 0 Å². The molecular formula is C9H15N3. The molecule has 0 amide bonds. The molecule has 0 aromatic carbocycles. The summed E-state index contributed by atoms with van der Waals surface area (Å²) < 4.78 is 0. The van der Waals surface area contributed by atoms with Gasteiger partial charge in [0.25, 0.3) is 0 Å². The molecule has 1 aliphatic rings. The van der Waals surface area contributed by atoms with Gasteiger partial charge in [0.1, 0.15) is 0 Å². The number of hydrogen-bond acceptors (Lipinski definition) is 2. The quantitative estimate of drug-likeness (QED) is 0.687. The summed E-state index contributed by atoms with van der Waals surface area (Å²) in [5.41, 5.74) is 2.73. The Hall–Kier alpha value is -0.830. The minimum absolute atomic E-state index is 0.669. The summed E-state index contributed by atoms with van der Waals surface area (Å²) in [4.78, 5) is 0. The molecule has 1 aromatic rings. The summed E-state index contributed by atoms with van der Waals surface area (Å²) in [6, 6.07) is 0. The second-order valence-electron chi connectivity index (χ2n) is 3.35. The molecule has 2 heterocycles. The molecule has 1 aromatic heterocycles. The van der Waals surface area contributed by atoms with Gasteiger partial charge in [-0.1, -0.05) is 6.92 Å². The molecule has 0 bridgehead atoms. The molecule has 0 aliphatic carbocycles. The fourth-order valence-corrected chi connectivity index (χ4v) is 1.86. The average molecular weight is 165 g/mol. The molecule has 3 nitrogen and oxygen atoms in total. The molecule has 1 atom stereocenters. The van der Waals surface area contributed by atoms with E-state index >= 15 is 0 Å². The van der Waals surface area contributed by atoms with E-state index in [2.05, 4.69) is 22.4 Å². The summed E-state index contributed by atoms with van der Waals surface area (Å²) in [7, 11) is 0. The van der Waals surface area contributed by atoms with E-state index in [-0.39, 0.29) is 0 Å². The first-order valence-corrected chi connectivity index (χ1v) is 4.64. The molecule has 1 aliphatic heterocycles. The fraction of sp³-hybridized carbons (Fsp3) is 0.667. The van der Waals surface area contributed by atoms with E-state index in [0.717, 1.165) is 19.5 Å². The van der Waals surface area contributed by atoms with Gasteiger partial charge >= 0.3 is 0 Å². The Balaban J connectivity index is 2.19. The molecule has 12 heavy (non-hydrogen) atoms. The average Bonchev–Trinajstić information content (AvgIpc) is 2.74. The van der Waals surface area contributed by atoms with Crippen molar-refractivity contribution >= 4 is 0 Å². The van der Waals surface area contributed by atoms with Crippen LogP contribution in [0.3, 0.4) is 0 Å². The highest BCUT2D eigenvalue weighted by molar-refractivity contribution is 5.21. The Morgan fingerprint density at radius 3 is 3.25 bits per heavy atom. The van der Waals surface area contributed by atoms with Crippen LogP contribution in [0.5, 0.6) is 0 Å². The monoisotopic (exact) mass is 165 g/mol. The van der Waals surface area contributed by atoms with E-state index in [4.69, 9.17) is 0 Å². The predicted octanol–water partition coefficient (Wildman–Crippen LogP) is 1.05. The highest BCUT2D eigenvalue weighted by Crippen LogP contribution is 2.23. The summed E-state index contributed by atoms with van der Waals surface area (Å²) in [6.07, 6.45) is 4.28. The molecule has 66 valence electrons. The highest BCUT2D eigenvalue weighted by atomic mass is 15.1. The van der Waals surface area contributed by atoms with E-state index < -0.39 is 0 Å². The fourth-order valence-electron chi connectivity index (χ4n) is 1.86. The van der Waals surface area contributed by atoms with Crippen molar-refractivity contribution in [3.05, 3.63) is 17.5 Å². The molecule has 1 fully saturated rings. The summed E-state index contributed by atoms with van der Waals surface area (Å²) >= 11 is 0. The van der Waals surface area contributed by atoms with E-state index in [1.165, 1.54) is 17.7 Å². The third kappa shape index (κ3) is 1.25.